The van der Waals surface area contributed by atoms with E-state index in [0.29, 0.717) is 22.5 Å². The van der Waals surface area contributed by atoms with Crippen molar-refractivity contribution in [3.8, 4) is 11.3 Å². The second-order valence-electron chi connectivity index (χ2n) is 8.31. The van der Waals surface area contributed by atoms with Gasteiger partial charge in [-0.25, -0.2) is 4.98 Å². The zero-order valence-electron chi connectivity index (χ0n) is 18.7. The smallest absolute Gasteiger partial charge is 0.310 e. The number of anilines is 1. The highest BCUT2D eigenvalue weighted by Crippen LogP contribution is 2.37. The molecule has 0 amide bonds. The molecule has 1 unspecified atom stereocenters. The van der Waals surface area contributed by atoms with Gasteiger partial charge in [-0.3, -0.25) is 4.79 Å². The molecule has 7 heteroatoms. The molecular weight excluding hydrogens is 439 g/mol. The van der Waals surface area contributed by atoms with E-state index in [1.165, 1.54) is 12.0 Å². The molecule has 0 bridgehead atoms. The first-order valence-electron chi connectivity index (χ1n) is 10.5. The number of rotatable bonds is 10. The molecule has 1 aromatic carbocycles. The number of hydrogen-bond donors (Lipinski definition) is 0. The molecule has 0 aliphatic heterocycles. The van der Waals surface area contributed by atoms with Crippen LogP contribution in [0.4, 0.5) is 5.13 Å². The van der Waals surface area contributed by atoms with Gasteiger partial charge in [0.25, 0.3) is 0 Å². The van der Waals surface area contributed by atoms with E-state index in [0.717, 1.165) is 35.8 Å². The third-order valence-corrected chi connectivity index (χ3v) is 6.84. The van der Waals surface area contributed by atoms with E-state index in [9.17, 15) is 4.79 Å². The summed E-state index contributed by atoms with van der Waals surface area (Å²) >= 11 is 14.1. The third-order valence-electron chi connectivity index (χ3n) is 4.96. The summed E-state index contributed by atoms with van der Waals surface area (Å²) in [6.07, 6.45) is 1.89. The minimum atomic E-state index is -0.201. The molecule has 0 N–H and O–H groups in total. The summed E-state index contributed by atoms with van der Waals surface area (Å²) in [5, 5.41) is 1.99. The Morgan fingerprint density at radius 2 is 1.90 bits per heavy atom. The van der Waals surface area contributed by atoms with Crippen LogP contribution in [0.3, 0.4) is 0 Å². The largest absolute Gasteiger partial charge is 0.469 e. The average Bonchev–Trinajstić information content (AvgIpc) is 3.09. The van der Waals surface area contributed by atoms with Crippen molar-refractivity contribution in [2.45, 2.75) is 47.5 Å². The quantitative estimate of drug-likeness (QED) is 0.351. The SMILES string of the molecule is CCCN(CC(C(=O)OC)C(C)C)c1nc(-c2ccc(Cl)c(Cl)c2)c(CC(C)C)s1. The van der Waals surface area contributed by atoms with Crippen LogP contribution in [0, 0.1) is 17.8 Å². The number of thiazole rings is 1. The van der Waals surface area contributed by atoms with Crippen molar-refractivity contribution in [1.82, 2.24) is 4.98 Å². The summed E-state index contributed by atoms with van der Waals surface area (Å²) in [5.74, 6) is 0.307. The Bertz CT molecular complexity index is 852. The second kappa shape index (κ2) is 11.4. The summed E-state index contributed by atoms with van der Waals surface area (Å²) in [4.78, 5) is 20.8. The van der Waals surface area contributed by atoms with Crippen molar-refractivity contribution < 1.29 is 9.53 Å². The Balaban J connectivity index is 2.47. The molecule has 2 aromatic rings. The van der Waals surface area contributed by atoms with E-state index >= 15 is 0 Å². The molecule has 0 radical (unpaired) electrons. The van der Waals surface area contributed by atoms with Crippen molar-refractivity contribution in [3.05, 3.63) is 33.1 Å². The molecule has 0 fully saturated rings. The maximum atomic E-state index is 12.3. The van der Waals surface area contributed by atoms with Gasteiger partial charge in [0.05, 0.1) is 28.8 Å². The normalized spacial score (nSPS) is 12.5. The van der Waals surface area contributed by atoms with Crippen molar-refractivity contribution in [2.75, 3.05) is 25.1 Å². The van der Waals surface area contributed by atoms with Gasteiger partial charge in [-0.2, -0.15) is 0 Å². The minimum Gasteiger partial charge on any atom is -0.469 e. The summed E-state index contributed by atoms with van der Waals surface area (Å²) in [6, 6.07) is 5.65. The van der Waals surface area contributed by atoms with Crippen molar-refractivity contribution in [3.63, 3.8) is 0 Å². The maximum absolute atomic E-state index is 12.3. The van der Waals surface area contributed by atoms with Gasteiger partial charge < -0.3 is 9.64 Å². The number of methoxy groups -OCH3 is 1. The number of esters is 1. The van der Waals surface area contributed by atoms with E-state index < -0.39 is 0 Å². The number of aromatic nitrogens is 1. The summed E-state index contributed by atoms with van der Waals surface area (Å²) in [7, 11) is 1.45. The predicted molar refractivity (Wildman–Crippen MR) is 129 cm³/mol. The Kier molecular flexibility index (Phi) is 9.45. The number of halogens is 2. The van der Waals surface area contributed by atoms with Crippen LogP contribution in [0.25, 0.3) is 11.3 Å². The molecule has 166 valence electrons. The lowest BCUT2D eigenvalue weighted by Gasteiger charge is -2.27. The van der Waals surface area contributed by atoms with Crippen molar-refractivity contribution in [1.29, 1.82) is 0 Å². The van der Waals surface area contributed by atoms with Gasteiger partial charge in [0.15, 0.2) is 5.13 Å². The number of ether oxygens (including phenoxy) is 1. The van der Waals surface area contributed by atoms with Crippen LogP contribution < -0.4 is 4.90 Å². The van der Waals surface area contributed by atoms with Gasteiger partial charge >= 0.3 is 5.97 Å². The first kappa shape index (κ1) is 25.0. The minimum absolute atomic E-state index is 0.172. The monoisotopic (exact) mass is 470 g/mol. The topological polar surface area (TPSA) is 42.4 Å². The summed E-state index contributed by atoms with van der Waals surface area (Å²) in [6.45, 7) is 12.1. The average molecular weight is 471 g/mol. The van der Waals surface area contributed by atoms with Crippen LogP contribution in [-0.4, -0.2) is 31.2 Å². The van der Waals surface area contributed by atoms with Gasteiger partial charge in [-0.1, -0.05) is 63.9 Å². The van der Waals surface area contributed by atoms with Gasteiger partial charge in [0.1, 0.15) is 0 Å². The summed E-state index contributed by atoms with van der Waals surface area (Å²) in [5.41, 5.74) is 1.91. The van der Waals surface area contributed by atoms with Gasteiger partial charge in [-0.15, -0.1) is 11.3 Å². The molecular formula is C23H32Cl2N2O2S. The first-order valence-corrected chi connectivity index (χ1v) is 12.0. The standard InChI is InChI=1S/C23H32Cl2N2O2S/c1-7-10-27(13-17(15(4)5)22(28)29-6)23-26-21(20(30-23)11-14(2)3)16-8-9-18(24)19(25)12-16/h8-9,12,14-15,17H,7,10-11,13H2,1-6H3. The number of nitrogens with zero attached hydrogens (tertiary/aromatic N) is 2. The van der Waals surface area contributed by atoms with E-state index in [2.05, 4.69) is 39.5 Å². The fraction of sp³-hybridized carbons (Fsp3) is 0.565. The molecule has 30 heavy (non-hydrogen) atoms. The number of carbonyl (C=O) groups is 1. The highest BCUT2D eigenvalue weighted by Gasteiger charge is 2.28. The van der Waals surface area contributed by atoms with Crippen LogP contribution in [0.2, 0.25) is 10.0 Å². The van der Waals surface area contributed by atoms with E-state index in [1.54, 1.807) is 11.3 Å². The lowest BCUT2D eigenvalue weighted by Crippen LogP contribution is -2.37. The van der Waals surface area contributed by atoms with Crippen LogP contribution in [0.5, 0.6) is 0 Å². The van der Waals surface area contributed by atoms with Crippen molar-refractivity contribution >= 4 is 45.6 Å². The number of hydrogen-bond acceptors (Lipinski definition) is 5. The molecule has 1 heterocycles. The summed E-state index contributed by atoms with van der Waals surface area (Å²) < 4.78 is 5.05. The number of carbonyl (C=O) groups excluding carboxylic acids is 1. The van der Waals surface area contributed by atoms with Crippen LogP contribution in [-0.2, 0) is 16.0 Å². The molecule has 0 saturated heterocycles. The lowest BCUT2D eigenvalue weighted by molar-refractivity contribution is -0.146. The zero-order valence-corrected chi connectivity index (χ0v) is 21.0. The molecule has 0 saturated carbocycles. The van der Waals surface area contributed by atoms with E-state index in [-0.39, 0.29) is 17.8 Å². The second-order valence-corrected chi connectivity index (χ2v) is 10.2. The molecule has 0 aliphatic rings. The Hall–Kier alpha value is -1.30. The van der Waals surface area contributed by atoms with Crippen LogP contribution in [0.15, 0.2) is 18.2 Å². The Morgan fingerprint density at radius 1 is 1.20 bits per heavy atom. The van der Waals surface area contributed by atoms with Crippen LogP contribution in [0.1, 0.15) is 45.9 Å². The highest BCUT2D eigenvalue weighted by atomic mass is 35.5. The lowest BCUT2D eigenvalue weighted by atomic mass is 9.95. The van der Waals surface area contributed by atoms with Gasteiger partial charge in [-0.05, 0) is 36.8 Å². The van der Waals surface area contributed by atoms with Crippen molar-refractivity contribution in [2.24, 2.45) is 17.8 Å². The molecule has 1 atom stereocenters. The zero-order chi connectivity index (χ0) is 22.4. The fourth-order valence-electron chi connectivity index (χ4n) is 3.33. The van der Waals surface area contributed by atoms with E-state index in [4.69, 9.17) is 32.9 Å². The predicted octanol–water partition coefficient (Wildman–Crippen LogP) is 6.98. The third kappa shape index (κ3) is 6.35. The molecule has 2 rings (SSSR count). The van der Waals surface area contributed by atoms with Crippen LogP contribution >= 0.6 is 34.5 Å². The Labute approximate surface area is 194 Å². The molecule has 0 spiro atoms. The first-order chi connectivity index (χ1) is 14.2. The maximum Gasteiger partial charge on any atom is 0.310 e. The molecule has 4 nitrogen and oxygen atoms in total. The highest BCUT2D eigenvalue weighted by molar-refractivity contribution is 7.16. The van der Waals surface area contributed by atoms with E-state index in [1.807, 2.05) is 18.2 Å². The van der Waals surface area contributed by atoms with Gasteiger partial charge in [0, 0.05) is 23.5 Å². The fourth-order valence-corrected chi connectivity index (χ4v) is 4.96. The Morgan fingerprint density at radius 3 is 2.43 bits per heavy atom. The number of benzene rings is 1. The molecule has 1 aromatic heterocycles. The van der Waals surface area contributed by atoms with Gasteiger partial charge in [0.2, 0.25) is 0 Å². The molecule has 0 aliphatic carbocycles.